The molecule has 2 N–H and O–H groups in total. The fourth-order valence-electron chi connectivity index (χ4n) is 1.14. The average Bonchev–Trinajstić information content (AvgIpc) is 2.31. The SMILES string of the molecule is C/C(C(=O)O)=C(\C)C(=O)Nc1cc(Br)ccc1Br. The Bertz CT molecular complexity index is 538. The highest BCUT2D eigenvalue weighted by Crippen LogP contribution is 2.26. The molecule has 0 saturated carbocycles. The van der Waals surface area contributed by atoms with E-state index >= 15 is 0 Å². The summed E-state index contributed by atoms with van der Waals surface area (Å²) in [4.78, 5) is 22.6. The van der Waals surface area contributed by atoms with Crippen molar-refractivity contribution in [1.82, 2.24) is 0 Å². The highest BCUT2D eigenvalue weighted by molar-refractivity contribution is 9.11. The molecule has 0 bridgehead atoms. The van der Waals surface area contributed by atoms with Crippen LogP contribution in [-0.4, -0.2) is 17.0 Å². The molecule has 0 heterocycles. The predicted octanol–water partition coefficient (Wildman–Crippen LogP) is 3.57. The molecule has 4 nitrogen and oxygen atoms in total. The van der Waals surface area contributed by atoms with E-state index in [1.807, 2.05) is 6.07 Å². The van der Waals surface area contributed by atoms with Gasteiger partial charge in [0.2, 0.25) is 0 Å². The summed E-state index contributed by atoms with van der Waals surface area (Å²) in [5.41, 5.74) is 0.778. The first-order valence-corrected chi connectivity index (χ1v) is 6.58. The number of carbonyl (C=O) groups excluding carboxylic acids is 1. The lowest BCUT2D eigenvalue weighted by atomic mass is 10.1. The highest BCUT2D eigenvalue weighted by atomic mass is 79.9. The first-order valence-electron chi connectivity index (χ1n) is 5.00. The van der Waals surface area contributed by atoms with Crippen molar-refractivity contribution in [3.63, 3.8) is 0 Å². The van der Waals surface area contributed by atoms with Crippen molar-refractivity contribution in [3.05, 3.63) is 38.3 Å². The maximum Gasteiger partial charge on any atom is 0.331 e. The number of carboxylic acid groups (broad SMARTS) is 1. The topological polar surface area (TPSA) is 66.4 Å². The molecule has 0 spiro atoms. The molecule has 1 aromatic rings. The van der Waals surface area contributed by atoms with Crippen LogP contribution in [0.5, 0.6) is 0 Å². The van der Waals surface area contributed by atoms with E-state index in [1.54, 1.807) is 12.1 Å². The summed E-state index contributed by atoms with van der Waals surface area (Å²) in [6, 6.07) is 5.33. The van der Waals surface area contributed by atoms with Gasteiger partial charge in [-0.1, -0.05) is 15.9 Å². The van der Waals surface area contributed by atoms with E-state index in [0.29, 0.717) is 5.69 Å². The largest absolute Gasteiger partial charge is 0.478 e. The van der Waals surface area contributed by atoms with Crippen molar-refractivity contribution in [2.24, 2.45) is 0 Å². The zero-order chi connectivity index (χ0) is 13.9. The van der Waals surface area contributed by atoms with Crippen LogP contribution in [0.2, 0.25) is 0 Å². The Kier molecular flexibility index (Phi) is 5.10. The third-order valence-corrected chi connectivity index (χ3v) is 3.59. The highest BCUT2D eigenvalue weighted by Gasteiger charge is 2.13. The molecule has 0 radical (unpaired) electrons. The van der Waals surface area contributed by atoms with Crippen LogP contribution in [-0.2, 0) is 9.59 Å². The van der Waals surface area contributed by atoms with Crippen molar-refractivity contribution in [1.29, 1.82) is 0 Å². The molecular weight excluding hydrogens is 366 g/mol. The van der Waals surface area contributed by atoms with Crippen LogP contribution < -0.4 is 5.32 Å². The van der Waals surface area contributed by atoms with E-state index < -0.39 is 11.9 Å². The number of rotatable bonds is 3. The Morgan fingerprint density at radius 3 is 2.33 bits per heavy atom. The zero-order valence-electron chi connectivity index (χ0n) is 9.75. The Balaban J connectivity index is 2.98. The summed E-state index contributed by atoms with van der Waals surface area (Å²) in [6.07, 6.45) is 0. The smallest absolute Gasteiger partial charge is 0.331 e. The maximum absolute atomic E-state index is 11.9. The molecule has 1 rings (SSSR count). The van der Waals surface area contributed by atoms with Crippen LogP contribution in [0.25, 0.3) is 0 Å². The number of amides is 1. The van der Waals surface area contributed by atoms with Gasteiger partial charge in [0.05, 0.1) is 5.69 Å². The molecule has 0 unspecified atom stereocenters. The molecule has 96 valence electrons. The van der Waals surface area contributed by atoms with Crippen LogP contribution in [0.4, 0.5) is 5.69 Å². The average molecular weight is 377 g/mol. The second-order valence-electron chi connectivity index (χ2n) is 3.63. The van der Waals surface area contributed by atoms with E-state index in [1.165, 1.54) is 13.8 Å². The van der Waals surface area contributed by atoms with Gasteiger partial charge in [0.1, 0.15) is 0 Å². The molecule has 0 aliphatic carbocycles. The lowest BCUT2D eigenvalue weighted by molar-refractivity contribution is -0.133. The van der Waals surface area contributed by atoms with Gasteiger partial charge in [0.25, 0.3) is 5.91 Å². The molecule has 0 aliphatic heterocycles. The summed E-state index contributed by atoms with van der Waals surface area (Å²) in [6.45, 7) is 2.87. The molecule has 1 aromatic carbocycles. The summed E-state index contributed by atoms with van der Waals surface area (Å²) >= 11 is 6.60. The number of hydrogen-bond donors (Lipinski definition) is 2. The summed E-state index contributed by atoms with van der Waals surface area (Å²) in [5.74, 6) is -1.54. The third-order valence-electron chi connectivity index (χ3n) is 2.40. The number of carboxylic acids is 1. The maximum atomic E-state index is 11.9. The van der Waals surface area contributed by atoms with Gasteiger partial charge in [0.15, 0.2) is 0 Å². The van der Waals surface area contributed by atoms with Gasteiger partial charge < -0.3 is 10.4 Å². The minimum absolute atomic E-state index is 0.0265. The summed E-state index contributed by atoms with van der Waals surface area (Å²) in [7, 11) is 0. The van der Waals surface area contributed by atoms with Gasteiger partial charge in [-0.05, 0) is 48.0 Å². The molecule has 0 atom stereocenters. The minimum atomic E-state index is -1.10. The lowest BCUT2D eigenvalue weighted by Crippen LogP contribution is -2.16. The standard InChI is InChI=1S/C12H11Br2NO3/c1-6(7(2)12(17)18)11(16)15-10-5-8(13)3-4-9(10)14/h3-5H,1-2H3,(H,15,16)(H,17,18)/b7-6-. The van der Waals surface area contributed by atoms with Crippen molar-refractivity contribution in [2.45, 2.75) is 13.8 Å². The van der Waals surface area contributed by atoms with Gasteiger partial charge in [-0.3, -0.25) is 4.79 Å². The van der Waals surface area contributed by atoms with Crippen LogP contribution >= 0.6 is 31.9 Å². The van der Waals surface area contributed by atoms with E-state index in [9.17, 15) is 9.59 Å². The van der Waals surface area contributed by atoms with Crippen molar-refractivity contribution >= 4 is 49.4 Å². The van der Waals surface area contributed by atoms with E-state index in [0.717, 1.165) is 8.95 Å². The fraction of sp³-hybridized carbons (Fsp3) is 0.167. The molecule has 0 saturated heterocycles. The van der Waals surface area contributed by atoms with Crippen LogP contribution in [0.3, 0.4) is 0 Å². The monoisotopic (exact) mass is 375 g/mol. The van der Waals surface area contributed by atoms with Gasteiger partial charge in [-0.25, -0.2) is 4.79 Å². The molecule has 6 heteroatoms. The number of aliphatic carboxylic acids is 1. The third kappa shape index (κ3) is 3.68. The van der Waals surface area contributed by atoms with Crippen LogP contribution in [0, 0.1) is 0 Å². The molecule has 0 fully saturated rings. The molecule has 0 aliphatic rings. The summed E-state index contributed by atoms with van der Waals surface area (Å²) < 4.78 is 1.54. The quantitative estimate of drug-likeness (QED) is 0.792. The Morgan fingerprint density at radius 2 is 1.78 bits per heavy atom. The Morgan fingerprint density at radius 1 is 1.17 bits per heavy atom. The Labute approximate surface area is 121 Å². The van der Waals surface area contributed by atoms with Crippen LogP contribution in [0.15, 0.2) is 38.3 Å². The molecule has 18 heavy (non-hydrogen) atoms. The number of carbonyl (C=O) groups is 2. The van der Waals surface area contributed by atoms with Gasteiger partial charge in [0, 0.05) is 20.1 Å². The second kappa shape index (κ2) is 6.15. The first-order chi connectivity index (χ1) is 8.32. The van der Waals surface area contributed by atoms with E-state index in [-0.39, 0.29) is 11.1 Å². The van der Waals surface area contributed by atoms with Gasteiger partial charge in [-0.2, -0.15) is 0 Å². The van der Waals surface area contributed by atoms with Crippen LogP contribution in [0.1, 0.15) is 13.8 Å². The molecule has 1 amide bonds. The second-order valence-corrected chi connectivity index (χ2v) is 5.40. The van der Waals surface area contributed by atoms with Gasteiger partial charge in [-0.15, -0.1) is 0 Å². The first kappa shape index (κ1) is 14.9. The number of benzene rings is 1. The minimum Gasteiger partial charge on any atom is -0.478 e. The van der Waals surface area contributed by atoms with Gasteiger partial charge >= 0.3 is 5.97 Å². The predicted molar refractivity (Wildman–Crippen MR) is 76.5 cm³/mol. The number of halogens is 2. The summed E-state index contributed by atoms with van der Waals surface area (Å²) in [5, 5.41) is 11.5. The molecule has 0 aromatic heterocycles. The van der Waals surface area contributed by atoms with Crippen molar-refractivity contribution in [2.75, 3.05) is 5.32 Å². The number of anilines is 1. The fourth-order valence-corrected chi connectivity index (χ4v) is 1.85. The Hall–Kier alpha value is -1.14. The lowest BCUT2D eigenvalue weighted by Gasteiger charge is -2.09. The number of nitrogens with one attached hydrogen (secondary N) is 1. The normalized spacial score (nSPS) is 11.8. The zero-order valence-corrected chi connectivity index (χ0v) is 12.9. The van der Waals surface area contributed by atoms with Crippen molar-refractivity contribution in [3.8, 4) is 0 Å². The van der Waals surface area contributed by atoms with E-state index in [2.05, 4.69) is 37.2 Å². The number of hydrogen-bond acceptors (Lipinski definition) is 2. The molecular formula is C12H11Br2NO3. The van der Waals surface area contributed by atoms with E-state index in [4.69, 9.17) is 5.11 Å². The van der Waals surface area contributed by atoms with Crippen molar-refractivity contribution < 1.29 is 14.7 Å².